The van der Waals surface area contributed by atoms with Crippen molar-refractivity contribution in [3.05, 3.63) is 0 Å². The van der Waals surface area contributed by atoms with Gasteiger partial charge >= 0.3 is 0 Å². The molecule has 0 aliphatic carbocycles. The van der Waals surface area contributed by atoms with Crippen molar-refractivity contribution in [2.75, 3.05) is 11.5 Å². The predicted octanol–water partition coefficient (Wildman–Crippen LogP) is -0.193. The smallest absolute Gasteiger partial charge is 0.220 e. The topological polar surface area (TPSA) is 89.3 Å². The van der Waals surface area contributed by atoms with Gasteiger partial charge in [0.25, 0.3) is 0 Å². The Kier molecular flexibility index (Phi) is 3.96. The number of nitrogens with two attached hydrogens (primary N) is 1. The Morgan fingerprint density at radius 3 is 2.56 bits per heavy atom. The first-order valence-electron chi connectivity index (χ1n) is 5.47. The van der Waals surface area contributed by atoms with Gasteiger partial charge in [-0.25, -0.2) is 8.42 Å². The molecule has 0 aromatic rings. The molecule has 1 saturated heterocycles. The average molecular weight is 248 g/mol. The molecule has 6 heteroatoms. The van der Waals surface area contributed by atoms with E-state index in [0.717, 1.165) is 0 Å². The van der Waals surface area contributed by atoms with Crippen molar-refractivity contribution in [1.29, 1.82) is 0 Å². The molecule has 94 valence electrons. The summed E-state index contributed by atoms with van der Waals surface area (Å²) in [7, 11) is -2.92. The number of carbonyl (C=O) groups excluding carboxylic acids is 1. The third-order valence-corrected chi connectivity index (χ3v) is 4.36. The maximum Gasteiger partial charge on any atom is 0.220 e. The minimum atomic E-state index is -2.92. The van der Waals surface area contributed by atoms with E-state index in [4.69, 9.17) is 5.73 Å². The van der Waals surface area contributed by atoms with Gasteiger partial charge in [0, 0.05) is 18.0 Å². The van der Waals surface area contributed by atoms with Gasteiger partial charge in [0.1, 0.15) is 0 Å². The molecular weight excluding hydrogens is 228 g/mol. The van der Waals surface area contributed by atoms with Crippen LogP contribution in [0.1, 0.15) is 33.1 Å². The van der Waals surface area contributed by atoms with Crippen LogP contribution in [0.3, 0.4) is 0 Å². The largest absolute Gasteiger partial charge is 0.352 e. The normalized spacial score (nSPS) is 24.3. The molecule has 1 heterocycles. The molecule has 0 saturated carbocycles. The van der Waals surface area contributed by atoms with Crippen LogP contribution in [-0.2, 0) is 14.6 Å². The van der Waals surface area contributed by atoms with Gasteiger partial charge in [-0.3, -0.25) is 4.79 Å². The van der Waals surface area contributed by atoms with Crippen LogP contribution in [0.5, 0.6) is 0 Å². The number of sulfone groups is 1. The average Bonchev–Trinajstić information content (AvgIpc) is 2.41. The zero-order valence-corrected chi connectivity index (χ0v) is 10.6. The molecule has 1 fully saturated rings. The van der Waals surface area contributed by atoms with Crippen LogP contribution >= 0.6 is 0 Å². The molecular formula is C10H20N2O3S. The number of amides is 1. The molecule has 16 heavy (non-hydrogen) atoms. The van der Waals surface area contributed by atoms with Gasteiger partial charge in [-0.15, -0.1) is 0 Å². The molecule has 1 amide bonds. The summed E-state index contributed by atoms with van der Waals surface area (Å²) in [5.41, 5.74) is 5.40. The summed E-state index contributed by atoms with van der Waals surface area (Å²) in [5.74, 6) is 0.145. The molecule has 0 aromatic heterocycles. The Balaban J connectivity index is 2.31. The number of nitrogens with one attached hydrogen (secondary N) is 1. The van der Waals surface area contributed by atoms with E-state index in [1.54, 1.807) is 0 Å². The van der Waals surface area contributed by atoms with Crippen LogP contribution < -0.4 is 11.1 Å². The second-order valence-electron chi connectivity index (χ2n) is 5.16. The van der Waals surface area contributed by atoms with Gasteiger partial charge in [0.15, 0.2) is 9.84 Å². The summed E-state index contributed by atoms with van der Waals surface area (Å²) in [5, 5.41) is 2.73. The number of rotatable bonds is 4. The van der Waals surface area contributed by atoms with E-state index in [-0.39, 0.29) is 29.0 Å². The van der Waals surface area contributed by atoms with Crippen molar-refractivity contribution in [2.24, 2.45) is 5.73 Å². The number of hydrogen-bond acceptors (Lipinski definition) is 4. The summed E-state index contributed by atoms with van der Waals surface area (Å²) < 4.78 is 22.3. The zero-order chi connectivity index (χ0) is 12.4. The maximum absolute atomic E-state index is 11.5. The third kappa shape index (κ3) is 4.94. The van der Waals surface area contributed by atoms with Gasteiger partial charge in [0.2, 0.25) is 5.91 Å². The predicted molar refractivity (Wildman–Crippen MR) is 62.7 cm³/mol. The molecule has 1 rings (SSSR count). The minimum absolute atomic E-state index is 0.0742. The molecule has 3 N–H and O–H groups in total. The van der Waals surface area contributed by atoms with E-state index in [0.29, 0.717) is 19.3 Å². The lowest BCUT2D eigenvalue weighted by Crippen LogP contribution is -2.38. The second-order valence-corrected chi connectivity index (χ2v) is 7.38. The van der Waals surface area contributed by atoms with Crippen LogP contribution in [0.4, 0.5) is 0 Å². The first-order chi connectivity index (χ1) is 7.18. The molecule has 0 bridgehead atoms. The van der Waals surface area contributed by atoms with Gasteiger partial charge in [-0.05, 0) is 26.7 Å². The van der Waals surface area contributed by atoms with Gasteiger partial charge in [0.05, 0.1) is 11.5 Å². The van der Waals surface area contributed by atoms with Crippen molar-refractivity contribution in [2.45, 2.75) is 44.7 Å². The number of carbonyl (C=O) groups is 1. The zero-order valence-electron chi connectivity index (χ0n) is 9.82. The summed E-state index contributed by atoms with van der Waals surface area (Å²) in [4.78, 5) is 11.5. The molecule has 0 aromatic carbocycles. The first-order valence-corrected chi connectivity index (χ1v) is 7.29. The molecule has 1 atom stereocenters. The highest BCUT2D eigenvalue weighted by molar-refractivity contribution is 7.91. The highest BCUT2D eigenvalue weighted by atomic mass is 32.2. The lowest BCUT2D eigenvalue weighted by Gasteiger charge is -2.18. The SMILES string of the molecule is CC(C)(N)CCC(=O)NC1CCS(=O)(=O)C1. The first kappa shape index (κ1) is 13.4. The van der Waals surface area contributed by atoms with Crippen LogP contribution in [0.2, 0.25) is 0 Å². The monoisotopic (exact) mass is 248 g/mol. The van der Waals surface area contributed by atoms with Crippen LogP contribution in [0.15, 0.2) is 0 Å². The Hall–Kier alpha value is -0.620. The highest BCUT2D eigenvalue weighted by Gasteiger charge is 2.28. The van der Waals surface area contributed by atoms with Crippen molar-refractivity contribution >= 4 is 15.7 Å². The van der Waals surface area contributed by atoms with E-state index in [9.17, 15) is 13.2 Å². The summed E-state index contributed by atoms with van der Waals surface area (Å²) in [6, 6.07) is -0.210. The molecule has 1 aliphatic heterocycles. The molecule has 1 unspecified atom stereocenters. The van der Waals surface area contributed by atoms with E-state index in [2.05, 4.69) is 5.32 Å². The molecule has 0 spiro atoms. The Morgan fingerprint density at radius 1 is 1.50 bits per heavy atom. The quantitative estimate of drug-likeness (QED) is 0.721. The van der Waals surface area contributed by atoms with Gasteiger partial charge in [-0.1, -0.05) is 0 Å². The van der Waals surface area contributed by atoms with Gasteiger partial charge in [-0.2, -0.15) is 0 Å². The van der Waals surface area contributed by atoms with E-state index in [1.807, 2.05) is 13.8 Å². The van der Waals surface area contributed by atoms with Crippen molar-refractivity contribution in [3.63, 3.8) is 0 Å². The van der Waals surface area contributed by atoms with E-state index >= 15 is 0 Å². The van der Waals surface area contributed by atoms with E-state index in [1.165, 1.54) is 0 Å². The van der Waals surface area contributed by atoms with Crippen molar-refractivity contribution < 1.29 is 13.2 Å². The standard InChI is InChI=1S/C10H20N2O3S/c1-10(2,11)5-3-9(13)12-8-4-6-16(14,15)7-8/h8H,3-7,11H2,1-2H3,(H,12,13). The van der Waals surface area contributed by atoms with Gasteiger partial charge < -0.3 is 11.1 Å². The van der Waals surface area contributed by atoms with Crippen molar-refractivity contribution in [3.8, 4) is 0 Å². The van der Waals surface area contributed by atoms with Crippen molar-refractivity contribution in [1.82, 2.24) is 5.32 Å². The third-order valence-electron chi connectivity index (χ3n) is 2.59. The van der Waals surface area contributed by atoms with Crippen LogP contribution in [0, 0.1) is 0 Å². The Labute approximate surface area is 96.7 Å². The van der Waals surface area contributed by atoms with Crippen LogP contribution in [-0.4, -0.2) is 37.4 Å². The Bertz CT molecular complexity index is 357. The second kappa shape index (κ2) is 4.71. The fraction of sp³-hybridized carbons (Fsp3) is 0.900. The summed E-state index contributed by atoms with van der Waals surface area (Å²) in [6.07, 6.45) is 1.47. The lowest BCUT2D eigenvalue weighted by molar-refractivity contribution is -0.121. The Morgan fingerprint density at radius 2 is 2.12 bits per heavy atom. The van der Waals surface area contributed by atoms with Crippen LogP contribution in [0.25, 0.3) is 0 Å². The molecule has 5 nitrogen and oxygen atoms in total. The highest BCUT2D eigenvalue weighted by Crippen LogP contribution is 2.12. The number of hydrogen-bond donors (Lipinski definition) is 2. The molecule has 0 radical (unpaired) electrons. The summed E-state index contributed by atoms with van der Waals surface area (Å²) >= 11 is 0. The van der Waals surface area contributed by atoms with E-state index < -0.39 is 9.84 Å². The molecule has 1 aliphatic rings. The summed E-state index contributed by atoms with van der Waals surface area (Å²) in [6.45, 7) is 3.72. The fourth-order valence-electron chi connectivity index (χ4n) is 1.64. The minimum Gasteiger partial charge on any atom is -0.352 e. The maximum atomic E-state index is 11.5. The lowest BCUT2D eigenvalue weighted by atomic mass is 10.00. The fourth-order valence-corrected chi connectivity index (χ4v) is 3.32.